The van der Waals surface area contributed by atoms with E-state index < -0.39 is 10.0 Å². The summed E-state index contributed by atoms with van der Waals surface area (Å²) in [6.07, 6.45) is 2.07. The molecule has 2 aromatic carbocycles. The first-order valence-electron chi connectivity index (χ1n) is 10.9. The van der Waals surface area contributed by atoms with E-state index in [4.69, 9.17) is 4.74 Å². The van der Waals surface area contributed by atoms with Gasteiger partial charge < -0.3 is 9.64 Å². The molecule has 1 saturated heterocycles. The lowest BCUT2D eigenvalue weighted by molar-refractivity contribution is -0.135. The Morgan fingerprint density at radius 3 is 2.13 bits per heavy atom. The van der Waals surface area contributed by atoms with Gasteiger partial charge in [-0.15, -0.1) is 0 Å². The number of amides is 1. The van der Waals surface area contributed by atoms with Crippen LogP contribution in [-0.4, -0.2) is 50.3 Å². The minimum atomic E-state index is -3.57. The van der Waals surface area contributed by atoms with Crippen LogP contribution < -0.4 is 4.74 Å². The summed E-state index contributed by atoms with van der Waals surface area (Å²) < 4.78 is 32.8. The quantitative estimate of drug-likeness (QED) is 0.623. The topological polar surface area (TPSA) is 66.9 Å². The normalized spacial score (nSPS) is 15.6. The third kappa shape index (κ3) is 5.66. The monoisotopic (exact) mass is 444 g/mol. The number of hydrogen-bond acceptors (Lipinski definition) is 4. The van der Waals surface area contributed by atoms with Crippen LogP contribution in [0.25, 0.3) is 0 Å². The molecule has 1 fully saturated rings. The number of benzene rings is 2. The molecule has 0 aliphatic carbocycles. The highest BCUT2D eigenvalue weighted by Gasteiger charge is 2.33. The second-order valence-electron chi connectivity index (χ2n) is 7.95. The van der Waals surface area contributed by atoms with Gasteiger partial charge in [0.15, 0.2) is 0 Å². The van der Waals surface area contributed by atoms with Crippen LogP contribution >= 0.6 is 0 Å². The van der Waals surface area contributed by atoms with E-state index in [0.29, 0.717) is 44.8 Å². The van der Waals surface area contributed by atoms with Crippen molar-refractivity contribution in [3.8, 4) is 5.75 Å². The van der Waals surface area contributed by atoms with Crippen LogP contribution in [0.15, 0.2) is 53.4 Å². The summed E-state index contributed by atoms with van der Waals surface area (Å²) in [4.78, 5) is 14.9. The molecule has 1 aliphatic rings. The Hall–Kier alpha value is -2.38. The number of sulfonamides is 1. The highest BCUT2D eigenvalue weighted by atomic mass is 32.2. The van der Waals surface area contributed by atoms with Gasteiger partial charge in [-0.1, -0.05) is 31.2 Å². The van der Waals surface area contributed by atoms with Gasteiger partial charge in [0.2, 0.25) is 15.9 Å². The smallest absolute Gasteiger partial charge is 0.243 e. The third-order valence-corrected chi connectivity index (χ3v) is 7.72. The Balaban J connectivity index is 1.56. The average molecular weight is 445 g/mol. The Labute approximate surface area is 185 Å². The second-order valence-corrected chi connectivity index (χ2v) is 9.89. The van der Waals surface area contributed by atoms with Gasteiger partial charge >= 0.3 is 0 Å². The summed E-state index contributed by atoms with van der Waals surface area (Å²) in [5, 5.41) is 0. The molecule has 0 bridgehead atoms. The molecular weight excluding hydrogens is 412 g/mol. The lowest BCUT2D eigenvalue weighted by Crippen LogP contribution is -2.43. The van der Waals surface area contributed by atoms with Crippen LogP contribution in [0.5, 0.6) is 5.75 Å². The first-order valence-corrected chi connectivity index (χ1v) is 12.3. The van der Waals surface area contributed by atoms with Crippen LogP contribution in [-0.2, 0) is 27.8 Å². The Kier molecular flexibility index (Phi) is 7.73. The highest BCUT2D eigenvalue weighted by molar-refractivity contribution is 7.89. The molecule has 0 saturated carbocycles. The molecule has 1 aliphatic heterocycles. The maximum atomic E-state index is 12.9. The van der Waals surface area contributed by atoms with Crippen molar-refractivity contribution in [3.05, 3.63) is 59.7 Å². The lowest BCUT2D eigenvalue weighted by atomic mass is 9.96. The van der Waals surface area contributed by atoms with Crippen LogP contribution in [0, 0.1) is 5.92 Å². The standard InChI is InChI=1S/C24H32N2O4S/c1-4-19-6-8-20(9-7-19)18-25(3)24(27)21-14-16-26(17-15-21)31(28,29)23-12-10-22(11-13-23)30-5-2/h6-13,21H,4-5,14-18H2,1-3H3. The van der Waals surface area contributed by atoms with E-state index in [1.807, 2.05) is 14.0 Å². The number of carbonyl (C=O) groups excluding carboxylic acids is 1. The Bertz CT molecular complexity index is 964. The fraction of sp³-hybridized carbons (Fsp3) is 0.458. The molecule has 3 rings (SSSR count). The third-order valence-electron chi connectivity index (χ3n) is 5.80. The largest absolute Gasteiger partial charge is 0.494 e. The molecule has 0 spiro atoms. The molecule has 0 radical (unpaired) electrons. The van der Waals surface area contributed by atoms with E-state index in [9.17, 15) is 13.2 Å². The summed E-state index contributed by atoms with van der Waals surface area (Å²) >= 11 is 0. The fourth-order valence-electron chi connectivity index (χ4n) is 3.91. The highest BCUT2D eigenvalue weighted by Crippen LogP contribution is 2.26. The van der Waals surface area contributed by atoms with Crippen molar-refractivity contribution in [2.45, 2.75) is 44.6 Å². The minimum Gasteiger partial charge on any atom is -0.494 e. The molecule has 0 atom stereocenters. The molecule has 0 unspecified atom stereocenters. The Morgan fingerprint density at radius 1 is 1.00 bits per heavy atom. The summed E-state index contributed by atoms with van der Waals surface area (Å²) in [6.45, 7) is 5.80. The van der Waals surface area contributed by atoms with E-state index >= 15 is 0 Å². The predicted molar refractivity (Wildman–Crippen MR) is 121 cm³/mol. The zero-order valence-electron chi connectivity index (χ0n) is 18.6. The maximum absolute atomic E-state index is 12.9. The number of carbonyl (C=O) groups is 1. The number of ether oxygens (including phenoxy) is 1. The molecule has 2 aromatic rings. The van der Waals surface area contributed by atoms with E-state index in [-0.39, 0.29) is 16.7 Å². The van der Waals surface area contributed by atoms with Gasteiger partial charge in [-0.3, -0.25) is 4.79 Å². The van der Waals surface area contributed by atoms with Crippen molar-refractivity contribution in [1.82, 2.24) is 9.21 Å². The van der Waals surface area contributed by atoms with Crippen LogP contribution in [0.1, 0.15) is 37.8 Å². The maximum Gasteiger partial charge on any atom is 0.243 e. The summed E-state index contributed by atoms with van der Waals surface area (Å²) in [7, 11) is -1.75. The zero-order chi connectivity index (χ0) is 22.4. The SMILES string of the molecule is CCOc1ccc(S(=O)(=O)N2CCC(C(=O)N(C)Cc3ccc(CC)cc3)CC2)cc1. The molecule has 168 valence electrons. The molecule has 0 N–H and O–H groups in total. The van der Waals surface area contributed by atoms with Crippen molar-refractivity contribution in [2.75, 3.05) is 26.7 Å². The number of rotatable bonds is 8. The van der Waals surface area contributed by atoms with Crippen molar-refractivity contribution in [3.63, 3.8) is 0 Å². The van der Waals surface area contributed by atoms with Crippen LogP contribution in [0.4, 0.5) is 0 Å². The van der Waals surface area contributed by atoms with Gasteiger partial charge in [-0.05, 0) is 61.6 Å². The summed E-state index contributed by atoms with van der Waals surface area (Å²) in [5.74, 6) is 0.586. The van der Waals surface area contributed by atoms with Crippen LogP contribution in [0.2, 0.25) is 0 Å². The van der Waals surface area contributed by atoms with Gasteiger partial charge in [-0.25, -0.2) is 8.42 Å². The van der Waals surface area contributed by atoms with E-state index in [2.05, 4.69) is 31.2 Å². The van der Waals surface area contributed by atoms with Gasteiger partial charge in [-0.2, -0.15) is 4.31 Å². The van der Waals surface area contributed by atoms with E-state index in [1.54, 1.807) is 29.2 Å². The molecule has 6 nitrogen and oxygen atoms in total. The van der Waals surface area contributed by atoms with Crippen molar-refractivity contribution < 1.29 is 17.9 Å². The second kappa shape index (κ2) is 10.3. The van der Waals surface area contributed by atoms with E-state index in [0.717, 1.165) is 12.0 Å². The number of piperidine rings is 1. The molecule has 31 heavy (non-hydrogen) atoms. The van der Waals surface area contributed by atoms with Crippen molar-refractivity contribution in [2.24, 2.45) is 5.92 Å². The first-order chi connectivity index (χ1) is 14.8. The number of aryl methyl sites for hydroxylation is 1. The molecule has 0 aromatic heterocycles. The van der Waals surface area contributed by atoms with Gasteiger partial charge in [0.05, 0.1) is 11.5 Å². The summed E-state index contributed by atoms with van der Waals surface area (Å²) in [5.41, 5.74) is 2.38. The number of nitrogens with zero attached hydrogens (tertiary/aromatic N) is 2. The van der Waals surface area contributed by atoms with E-state index in [1.165, 1.54) is 9.87 Å². The zero-order valence-corrected chi connectivity index (χ0v) is 19.4. The average Bonchev–Trinajstić information content (AvgIpc) is 2.79. The molecule has 7 heteroatoms. The number of hydrogen-bond donors (Lipinski definition) is 0. The van der Waals surface area contributed by atoms with Crippen LogP contribution in [0.3, 0.4) is 0 Å². The molecular formula is C24H32N2O4S. The summed E-state index contributed by atoms with van der Waals surface area (Å²) in [6, 6.07) is 14.8. The van der Waals surface area contributed by atoms with Crippen molar-refractivity contribution >= 4 is 15.9 Å². The predicted octanol–water partition coefficient (Wildman–Crippen LogP) is 3.71. The molecule has 1 heterocycles. The minimum absolute atomic E-state index is 0.0812. The van der Waals surface area contributed by atoms with Crippen molar-refractivity contribution in [1.29, 1.82) is 0 Å². The van der Waals surface area contributed by atoms with Gasteiger partial charge in [0, 0.05) is 32.6 Å². The lowest BCUT2D eigenvalue weighted by Gasteiger charge is -2.32. The Morgan fingerprint density at radius 2 is 1.58 bits per heavy atom. The fourth-order valence-corrected chi connectivity index (χ4v) is 5.38. The van der Waals surface area contributed by atoms with Gasteiger partial charge in [0.25, 0.3) is 0 Å². The first kappa shape index (κ1) is 23.3. The molecule has 1 amide bonds. The van der Waals surface area contributed by atoms with Gasteiger partial charge in [0.1, 0.15) is 5.75 Å².